The van der Waals surface area contributed by atoms with Crippen molar-refractivity contribution in [3.05, 3.63) is 71.8 Å². The molecule has 2 atom stereocenters. The monoisotopic (exact) mass is 323 g/mol. The maximum absolute atomic E-state index is 12.8. The SMILES string of the molecule is CCCCN1C(=O)C(c2ccccc2)OC(c2ccccc2)C1=O. The fraction of sp³-hybridized carbons (Fsp3) is 0.300. The normalized spacial score (nSPS) is 21.1. The first kappa shape index (κ1) is 16.4. The summed E-state index contributed by atoms with van der Waals surface area (Å²) in [4.78, 5) is 27.0. The lowest BCUT2D eigenvalue weighted by molar-refractivity contribution is -0.177. The van der Waals surface area contributed by atoms with E-state index < -0.39 is 12.2 Å². The average Bonchev–Trinajstić information content (AvgIpc) is 2.63. The smallest absolute Gasteiger partial charge is 0.263 e. The molecule has 2 aromatic carbocycles. The molecule has 24 heavy (non-hydrogen) atoms. The maximum atomic E-state index is 12.8. The molecule has 2 aromatic rings. The standard InChI is InChI=1S/C20H21NO3/c1-2-3-14-21-19(22)17(15-10-6-4-7-11-15)24-18(20(21)23)16-12-8-5-9-13-16/h4-13,17-18H,2-3,14H2,1H3. The first-order valence-corrected chi connectivity index (χ1v) is 8.33. The number of benzene rings is 2. The van der Waals surface area contributed by atoms with E-state index in [4.69, 9.17) is 4.74 Å². The predicted octanol–water partition coefficient (Wildman–Crippen LogP) is 3.65. The van der Waals surface area contributed by atoms with Gasteiger partial charge >= 0.3 is 0 Å². The molecule has 2 unspecified atom stereocenters. The number of hydrogen-bond acceptors (Lipinski definition) is 3. The number of carbonyl (C=O) groups is 2. The van der Waals surface area contributed by atoms with Gasteiger partial charge < -0.3 is 4.74 Å². The van der Waals surface area contributed by atoms with Gasteiger partial charge in [0, 0.05) is 6.54 Å². The molecule has 0 saturated carbocycles. The fourth-order valence-corrected chi connectivity index (χ4v) is 2.88. The summed E-state index contributed by atoms with van der Waals surface area (Å²) in [6.45, 7) is 2.48. The molecule has 3 rings (SSSR count). The van der Waals surface area contributed by atoms with Gasteiger partial charge in [-0.25, -0.2) is 0 Å². The van der Waals surface area contributed by atoms with Gasteiger partial charge in [0.1, 0.15) is 0 Å². The molecule has 0 aromatic heterocycles. The molecule has 0 bridgehead atoms. The van der Waals surface area contributed by atoms with Crippen LogP contribution in [0.15, 0.2) is 60.7 Å². The van der Waals surface area contributed by atoms with Gasteiger partial charge in [0.2, 0.25) is 0 Å². The van der Waals surface area contributed by atoms with Crippen molar-refractivity contribution in [2.45, 2.75) is 32.0 Å². The molecule has 2 amide bonds. The van der Waals surface area contributed by atoms with E-state index in [2.05, 4.69) is 0 Å². The molecular weight excluding hydrogens is 302 g/mol. The van der Waals surface area contributed by atoms with E-state index in [0.29, 0.717) is 6.54 Å². The zero-order chi connectivity index (χ0) is 16.9. The summed E-state index contributed by atoms with van der Waals surface area (Å²) in [5.41, 5.74) is 1.55. The molecule has 1 aliphatic rings. The Kier molecular flexibility index (Phi) is 5.06. The molecule has 1 aliphatic heterocycles. The van der Waals surface area contributed by atoms with Crippen molar-refractivity contribution in [3.63, 3.8) is 0 Å². The second-order valence-corrected chi connectivity index (χ2v) is 5.90. The molecule has 1 fully saturated rings. The number of morpholine rings is 1. The van der Waals surface area contributed by atoms with Crippen molar-refractivity contribution in [2.24, 2.45) is 0 Å². The molecule has 0 aliphatic carbocycles. The van der Waals surface area contributed by atoms with E-state index in [1.54, 1.807) is 0 Å². The summed E-state index contributed by atoms with van der Waals surface area (Å²) in [5, 5.41) is 0. The van der Waals surface area contributed by atoms with Crippen LogP contribution in [0.25, 0.3) is 0 Å². The van der Waals surface area contributed by atoms with Crippen LogP contribution < -0.4 is 0 Å². The molecule has 4 heteroatoms. The molecule has 1 heterocycles. The third kappa shape index (κ3) is 3.24. The molecule has 0 spiro atoms. The lowest BCUT2D eigenvalue weighted by Crippen LogP contribution is -2.49. The van der Waals surface area contributed by atoms with Crippen molar-refractivity contribution in [1.82, 2.24) is 4.90 Å². The van der Waals surface area contributed by atoms with Gasteiger partial charge in [0.25, 0.3) is 11.8 Å². The first-order valence-electron chi connectivity index (χ1n) is 8.33. The second-order valence-electron chi connectivity index (χ2n) is 5.90. The minimum atomic E-state index is -0.744. The van der Waals surface area contributed by atoms with Gasteiger partial charge in [-0.15, -0.1) is 0 Å². The van der Waals surface area contributed by atoms with Crippen LogP contribution in [0, 0.1) is 0 Å². The number of carbonyl (C=O) groups excluding carboxylic acids is 2. The Balaban J connectivity index is 1.95. The zero-order valence-corrected chi connectivity index (χ0v) is 13.7. The maximum Gasteiger partial charge on any atom is 0.263 e. The van der Waals surface area contributed by atoms with Crippen LogP contribution in [0.1, 0.15) is 43.1 Å². The molecular formula is C20H21NO3. The van der Waals surface area contributed by atoms with Crippen LogP contribution >= 0.6 is 0 Å². The predicted molar refractivity (Wildman–Crippen MR) is 91.1 cm³/mol. The highest BCUT2D eigenvalue weighted by molar-refractivity contribution is 6.02. The van der Waals surface area contributed by atoms with Gasteiger partial charge in [0.15, 0.2) is 12.2 Å². The van der Waals surface area contributed by atoms with E-state index in [1.165, 1.54) is 4.90 Å². The Morgan fingerprint density at radius 1 is 0.833 bits per heavy atom. The molecule has 4 nitrogen and oxygen atoms in total. The Bertz CT molecular complexity index is 642. The van der Waals surface area contributed by atoms with Crippen molar-refractivity contribution in [3.8, 4) is 0 Å². The number of imide groups is 1. The summed E-state index contributed by atoms with van der Waals surface area (Å²) in [7, 11) is 0. The molecule has 1 saturated heterocycles. The number of rotatable bonds is 5. The summed E-state index contributed by atoms with van der Waals surface area (Å²) in [6, 6.07) is 18.7. The average molecular weight is 323 g/mol. The van der Waals surface area contributed by atoms with E-state index >= 15 is 0 Å². The van der Waals surface area contributed by atoms with E-state index in [9.17, 15) is 9.59 Å². The lowest BCUT2D eigenvalue weighted by atomic mass is 10.0. The van der Waals surface area contributed by atoms with Crippen LogP contribution in [0.3, 0.4) is 0 Å². The minimum Gasteiger partial charge on any atom is -0.346 e. The zero-order valence-electron chi connectivity index (χ0n) is 13.7. The van der Waals surface area contributed by atoms with Crippen molar-refractivity contribution < 1.29 is 14.3 Å². The quantitative estimate of drug-likeness (QED) is 0.789. The van der Waals surface area contributed by atoms with E-state index in [-0.39, 0.29) is 11.8 Å². The van der Waals surface area contributed by atoms with Gasteiger partial charge in [0.05, 0.1) is 0 Å². The number of unbranched alkanes of at least 4 members (excludes halogenated alkanes) is 1. The number of nitrogens with zero attached hydrogens (tertiary/aromatic N) is 1. The van der Waals surface area contributed by atoms with Crippen LogP contribution in [0.4, 0.5) is 0 Å². The molecule has 124 valence electrons. The second kappa shape index (κ2) is 7.41. The summed E-state index contributed by atoms with van der Waals surface area (Å²) in [5.74, 6) is -0.543. The number of ether oxygens (including phenoxy) is 1. The number of amides is 2. The van der Waals surface area contributed by atoms with E-state index in [0.717, 1.165) is 24.0 Å². The van der Waals surface area contributed by atoms with Gasteiger partial charge in [-0.05, 0) is 17.5 Å². The van der Waals surface area contributed by atoms with Crippen molar-refractivity contribution in [2.75, 3.05) is 6.54 Å². The van der Waals surface area contributed by atoms with Crippen molar-refractivity contribution >= 4 is 11.8 Å². The van der Waals surface area contributed by atoms with Gasteiger partial charge in [-0.2, -0.15) is 0 Å². The fourth-order valence-electron chi connectivity index (χ4n) is 2.88. The summed E-state index contributed by atoms with van der Waals surface area (Å²) >= 11 is 0. The van der Waals surface area contributed by atoms with Gasteiger partial charge in [-0.1, -0.05) is 74.0 Å². The van der Waals surface area contributed by atoms with Crippen LogP contribution in [-0.2, 0) is 14.3 Å². The topological polar surface area (TPSA) is 46.6 Å². The highest BCUT2D eigenvalue weighted by atomic mass is 16.5. The molecule has 0 N–H and O–H groups in total. The summed E-state index contributed by atoms with van der Waals surface area (Å²) < 4.78 is 5.95. The Morgan fingerprint density at radius 2 is 1.29 bits per heavy atom. The Hall–Kier alpha value is -2.46. The largest absolute Gasteiger partial charge is 0.346 e. The first-order chi connectivity index (χ1) is 11.7. The van der Waals surface area contributed by atoms with Crippen LogP contribution in [0.5, 0.6) is 0 Å². The lowest BCUT2D eigenvalue weighted by Gasteiger charge is -2.36. The number of hydrogen-bond donors (Lipinski definition) is 0. The third-order valence-electron chi connectivity index (χ3n) is 4.19. The Morgan fingerprint density at radius 3 is 1.71 bits per heavy atom. The van der Waals surface area contributed by atoms with Crippen LogP contribution in [-0.4, -0.2) is 23.3 Å². The van der Waals surface area contributed by atoms with Gasteiger partial charge in [-0.3, -0.25) is 14.5 Å². The van der Waals surface area contributed by atoms with E-state index in [1.807, 2.05) is 67.6 Å². The summed E-state index contributed by atoms with van der Waals surface area (Å²) in [6.07, 6.45) is 0.224. The Labute approximate surface area is 142 Å². The third-order valence-corrected chi connectivity index (χ3v) is 4.19. The highest BCUT2D eigenvalue weighted by Crippen LogP contribution is 2.34. The van der Waals surface area contributed by atoms with Crippen molar-refractivity contribution in [1.29, 1.82) is 0 Å². The molecule has 0 radical (unpaired) electrons. The van der Waals surface area contributed by atoms with Crippen LogP contribution in [0.2, 0.25) is 0 Å². The minimum absolute atomic E-state index is 0.271. The highest BCUT2D eigenvalue weighted by Gasteiger charge is 2.42.